The first kappa shape index (κ1) is 20.7. The van der Waals surface area contributed by atoms with E-state index >= 15 is 0 Å². The molecule has 0 aliphatic rings. The van der Waals surface area contributed by atoms with E-state index in [2.05, 4.69) is 72.7 Å². The largest absolute Gasteiger partial charge is 0.357 e. The number of fused-ring (bicyclic) bond motifs is 1. The quantitative estimate of drug-likeness (QED) is 0.394. The zero-order chi connectivity index (χ0) is 22.8. The van der Waals surface area contributed by atoms with Gasteiger partial charge in [0.2, 0.25) is 11.8 Å². The lowest BCUT2D eigenvalue weighted by Gasteiger charge is -2.11. The number of aromatic nitrogens is 8. The molecule has 166 valence electrons. The van der Waals surface area contributed by atoms with Gasteiger partial charge < -0.3 is 9.88 Å². The molecule has 3 aromatic heterocycles. The van der Waals surface area contributed by atoms with Crippen LogP contribution in [0.5, 0.6) is 0 Å². The van der Waals surface area contributed by atoms with Crippen molar-refractivity contribution in [3.63, 3.8) is 0 Å². The van der Waals surface area contributed by atoms with Crippen LogP contribution in [0.15, 0.2) is 48.5 Å². The molecular formula is C24H25N9. The SMILES string of the molecule is CCCc1nc2c(C)nc(NC)nc2n1Cc1ccc(-c2ccccc2-c2nn[nH]n2)cc1. The number of hydrogen-bond donors (Lipinski definition) is 2. The molecule has 0 bridgehead atoms. The summed E-state index contributed by atoms with van der Waals surface area (Å²) in [4.78, 5) is 14.1. The Morgan fingerprint density at radius 2 is 1.76 bits per heavy atom. The predicted molar refractivity (Wildman–Crippen MR) is 128 cm³/mol. The fraction of sp³-hybridized carbons (Fsp3) is 0.250. The van der Waals surface area contributed by atoms with Crippen LogP contribution in [0, 0.1) is 6.92 Å². The van der Waals surface area contributed by atoms with Gasteiger partial charge in [-0.1, -0.05) is 55.5 Å². The average Bonchev–Trinajstić information content (AvgIpc) is 3.49. The monoisotopic (exact) mass is 439 g/mol. The van der Waals surface area contributed by atoms with Crippen molar-refractivity contribution in [2.45, 2.75) is 33.2 Å². The van der Waals surface area contributed by atoms with Crippen molar-refractivity contribution in [2.24, 2.45) is 0 Å². The highest BCUT2D eigenvalue weighted by Crippen LogP contribution is 2.30. The molecule has 0 saturated carbocycles. The first-order valence-electron chi connectivity index (χ1n) is 11.0. The summed E-state index contributed by atoms with van der Waals surface area (Å²) in [7, 11) is 1.83. The highest BCUT2D eigenvalue weighted by Gasteiger charge is 2.16. The third kappa shape index (κ3) is 3.93. The summed E-state index contributed by atoms with van der Waals surface area (Å²) in [6.07, 6.45) is 1.90. The van der Waals surface area contributed by atoms with Crippen LogP contribution in [0.4, 0.5) is 5.95 Å². The van der Waals surface area contributed by atoms with E-state index in [1.165, 1.54) is 5.56 Å². The number of rotatable bonds is 7. The topological polar surface area (TPSA) is 110 Å². The Hall–Kier alpha value is -4.14. The second kappa shape index (κ2) is 8.78. The maximum atomic E-state index is 4.87. The Bertz CT molecular complexity index is 1390. The number of aryl methyl sites for hydroxylation is 2. The van der Waals surface area contributed by atoms with Crippen molar-refractivity contribution in [2.75, 3.05) is 12.4 Å². The van der Waals surface area contributed by atoms with E-state index in [1.54, 1.807) is 0 Å². The number of nitrogens with zero attached hydrogens (tertiary/aromatic N) is 7. The van der Waals surface area contributed by atoms with Crippen LogP contribution < -0.4 is 5.32 Å². The van der Waals surface area contributed by atoms with Gasteiger partial charge in [-0.25, -0.2) is 9.97 Å². The Kier molecular flexibility index (Phi) is 5.52. The molecule has 9 heteroatoms. The van der Waals surface area contributed by atoms with E-state index < -0.39 is 0 Å². The van der Waals surface area contributed by atoms with Gasteiger partial charge in [-0.05, 0) is 35.2 Å². The zero-order valence-electron chi connectivity index (χ0n) is 18.9. The van der Waals surface area contributed by atoms with Crippen LogP contribution in [-0.4, -0.2) is 47.2 Å². The van der Waals surface area contributed by atoms with Gasteiger partial charge in [0, 0.05) is 19.0 Å². The maximum absolute atomic E-state index is 4.87. The Balaban J connectivity index is 1.51. The lowest BCUT2D eigenvalue weighted by Crippen LogP contribution is -2.07. The number of benzene rings is 2. The molecular weight excluding hydrogens is 414 g/mol. The van der Waals surface area contributed by atoms with Crippen molar-refractivity contribution < 1.29 is 0 Å². The summed E-state index contributed by atoms with van der Waals surface area (Å²) in [5.41, 5.74) is 6.89. The van der Waals surface area contributed by atoms with E-state index in [0.29, 0.717) is 18.3 Å². The second-order valence-corrected chi connectivity index (χ2v) is 7.90. The van der Waals surface area contributed by atoms with Gasteiger partial charge >= 0.3 is 0 Å². The van der Waals surface area contributed by atoms with E-state index in [1.807, 2.05) is 32.2 Å². The third-order valence-electron chi connectivity index (χ3n) is 5.66. The highest BCUT2D eigenvalue weighted by atomic mass is 15.5. The fourth-order valence-electron chi connectivity index (χ4n) is 4.05. The van der Waals surface area contributed by atoms with E-state index in [0.717, 1.165) is 52.2 Å². The van der Waals surface area contributed by atoms with Gasteiger partial charge in [-0.15, -0.1) is 10.2 Å². The van der Waals surface area contributed by atoms with Crippen LogP contribution in [0.1, 0.15) is 30.4 Å². The first-order chi connectivity index (χ1) is 16.2. The van der Waals surface area contributed by atoms with Gasteiger partial charge in [0.1, 0.15) is 11.3 Å². The first-order valence-corrected chi connectivity index (χ1v) is 11.0. The minimum atomic E-state index is 0.583. The standard InChI is InChI=1S/C24H25N9/c1-4-7-20-27-21-15(2)26-24(25-3)28-23(21)33(20)14-16-10-12-17(13-11-16)18-8-5-6-9-19(18)22-29-31-32-30-22/h5-6,8-13H,4,7,14H2,1-3H3,(H,25,26,28)(H,29,30,31,32). The molecule has 5 rings (SSSR count). The molecule has 3 heterocycles. The molecule has 0 atom stereocenters. The lowest BCUT2D eigenvalue weighted by molar-refractivity contribution is 0.716. The second-order valence-electron chi connectivity index (χ2n) is 7.90. The van der Waals surface area contributed by atoms with Gasteiger partial charge in [-0.2, -0.15) is 10.2 Å². The molecule has 0 unspecified atom stereocenters. The molecule has 5 aromatic rings. The van der Waals surface area contributed by atoms with Gasteiger partial charge in [0.25, 0.3) is 0 Å². The van der Waals surface area contributed by atoms with Gasteiger partial charge in [0.05, 0.1) is 12.2 Å². The third-order valence-corrected chi connectivity index (χ3v) is 5.66. The fourth-order valence-corrected chi connectivity index (χ4v) is 4.05. The van der Waals surface area contributed by atoms with Crippen molar-refractivity contribution in [1.82, 2.24) is 40.1 Å². The normalized spacial score (nSPS) is 11.2. The van der Waals surface area contributed by atoms with Crippen LogP contribution in [0.3, 0.4) is 0 Å². The van der Waals surface area contributed by atoms with E-state index in [9.17, 15) is 0 Å². The molecule has 2 aromatic carbocycles. The van der Waals surface area contributed by atoms with Crippen molar-refractivity contribution in [3.05, 3.63) is 65.6 Å². The van der Waals surface area contributed by atoms with Gasteiger partial charge in [-0.3, -0.25) is 0 Å². The summed E-state index contributed by atoms with van der Waals surface area (Å²) >= 11 is 0. The number of hydrogen-bond acceptors (Lipinski definition) is 7. The summed E-state index contributed by atoms with van der Waals surface area (Å²) in [5.74, 6) is 2.22. The predicted octanol–water partition coefficient (Wildman–Crippen LogP) is 4.02. The zero-order valence-corrected chi connectivity index (χ0v) is 18.9. The molecule has 2 N–H and O–H groups in total. The smallest absolute Gasteiger partial charge is 0.224 e. The molecule has 9 nitrogen and oxygen atoms in total. The summed E-state index contributed by atoms with van der Waals surface area (Å²) in [5, 5.41) is 17.6. The van der Waals surface area contributed by atoms with Crippen molar-refractivity contribution >= 4 is 17.1 Å². The lowest BCUT2D eigenvalue weighted by atomic mass is 9.98. The molecule has 0 saturated heterocycles. The Morgan fingerprint density at radius 3 is 2.45 bits per heavy atom. The van der Waals surface area contributed by atoms with Crippen molar-refractivity contribution in [3.8, 4) is 22.5 Å². The number of nitrogens with one attached hydrogen (secondary N) is 2. The minimum absolute atomic E-state index is 0.583. The van der Waals surface area contributed by atoms with E-state index in [4.69, 9.17) is 9.97 Å². The molecule has 0 fully saturated rings. The summed E-state index contributed by atoms with van der Waals surface area (Å²) in [6.45, 7) is 4.84. The summed E-state index contributed by atoms with van der Waals surface area (Å²) < 4.78 is 2.20. The molecule has 0 spiro atoms. The van der Waals surface area contributed by atoms with Crippen LogP contribution >= 0.6 is 0 Å². The minimum Gasteiger partial charge on any atom is -0.357 e. The van der Waals surface area contributed by atoms with Crippen LogP contribution in [0.25, 0.3) is 33.7 Å². The Morgan fingerprint density at radius 1 is 0.970 bits per heavy atom. The number of anilines is 1. The molecule has 33 heavy (non-hydrogen) atoms. The summed E-state index contributed by atoms with van der Waals surface area (Å²) in [6, 6.07) is 16.6. The van der Waals surface area contributed by atoms with Crippen molar-refractivity contribution in [1.29, 1.82) is 0 Å². The van der Waals surface area contributed by atoms with Crippen LogP contribution in [-0.2, 0) is 13.0 Å². The number of imidazole rings is 1. The number of tetrazole rings is 1. The molecule has 0 amide bonds. The molecule has 0 radical (unpaired) electrons. The Labute approximate surface area is 191 Å². The number of H-pyrrole nitrogens is 1. The highest BCUT2D eigenvalue weighted by molar-refractivity contribution is 5.80. The molecule has 0 aliphatic heterocycles. The molecule has 0 aliphatic carbocycles. The van der Waals surface area contributed by atoms with E-state index in [-0.39, 0.29) is 0 Å². The van der Waals surface area contributed by atoms with Gasteiger partial charge in [0.15, 0.2) is 5.65 Å². The number of aromatic amines is 1. The van der Waals surface area contributed by atoms with Crippen LogP contribution in [0.2, 0.25) is 0 Å². The average molecular weight is 440 g/mol. The maximum Gasteiger partial charge on any atom is 0.224 e.